The minimum absolute atomic E-state index is 0.0220. The Morgan fingerprint density at radius 2 is 2.08 bits per heavy atom. The number of aromatic nitrogens is 4. The first-order valence-electron chi connectivity index (χ1n) is 8.47. The Morgan fingerprint density at radius 3 is 2.76 bits per heavy atom. The van der Waals surface area contributed by atoms with Gasteiger partial charge in [0.1, 0.15) is 6.17 Å². The predicted octanol–water partition coefficient (Wildman–Crippen LogP) is 2.16. The highest BCUT2D eigenvalue weighted by atomic mass is 35.7. The molecule has 8 nitrogen and oxygen atoms in total. The van der Waals surface area contributed by atoms with Gasteiger partial charge in [0.2, 0.25) is 9.05 Å². The van der Waals surface area contributed by atoms with Crippen LogP contribution in [0.1, 0.15) is 38.3 Å². The molecule has 2 aromatic heterocycles. The van der Waals surface area contributed by atoms with E-state index >= 15 is 0 Å². The zero-order chi connectivity index (χ0) is 18.2. The Balaban J connectivity index is 1.85. The van der Waals surface area contributed by atoms with Gasteiger partial charge in [0.25, 0.3) is 0 Å². The van der Waals surface area contributed by atoms with Crippen LogP contribution in [0.3, 0.4) is 0 Å². The monoisotopic (exact) mass is 386 g/mol. The third-order valence-corrected chi connectivity index (χ3v) is 5.94. The molecule has 25 heavy (non-hydrogen) atoms. The van der Waals surface area contributed by atoms with Gasteiger partial charge in [-0.25, -0.2) is 8.42 Å². The van der Waals surface area contributed by atoms with E-state index in [4.69, 9.17) is 10.7 Å². The van der Waals surface area contributed by atoms with E-state index in [0.717, 1.165) is 48.5 Å². The molecule has 0 N–H and O–H groups in total. The summed E-state index contributed by atoms with van der Waals surface area (Å²) < 4.78 is 24.0. The summed E-state index contributed by atoms with van der Waals surface area (Å²) in [5.74, 6) is 0.0220. The molecule has 3 heterocycles. The highest BCUT2D eigenvalue weighted by Crippen LogP contribution is 2.42. The van der Waals surface area contributed by atoms with Crippen molar-refractivity contribution in [2.45, 2.75) is 45.7 Å². The van der Waals surface area contributed by atoms with Crippen molar-refractivity contribution in [2.24, 2.45) is 0 Å². The highest BCUT2D eigenvalue weighted by molar-refractivity contribution is 8.13. The van der Waals surface area contributed by atoms with E-state index in [2.05, 4.69) is 39.3 Å². The van der Waals surface area contributed by atoms with Gasteiger partial charge in [-0.05, 0) is 43.0 Å². The lowest BCUT2D eigenvalue weighted by molar-refractivity contribution is 0.535. The number of hydrogen-bond acceptors (Lipinski definition) is 7. The zero-order valence-electron chi connectivity index (χ0n) is 14.7. The van der Waals surface area contributed by atoms with E-state index < -0.39 is 9.05 Å². The normalized spacial score (nSPS) is 17.5. The molecule has 1 aliphatic heterocycles. The second-order valence-electron chi connectivity index (χ2n) is 6.44. The van der Waals surface area contributed by atoms with Crippen LogP contribution >= 0.6 is 10.7 Å². The van der Waals surface area contributed by atoms with Gasteiger partial charge < -0.3 is 9.80 Å². The molecule has 0 radical (unpaired) electrons. The maximum absolute atomic E-state index is 11.1. The SMILES string of the molecule is CCCN1c2cc3nnnn3c(C)c2N(C)C1CCCCS(=O)(=O)Cl. The molecule has 10 heteroatoms. The van der Waals surface area contributed by atoms with Crippen molar-refractivity contribution < 1.29 is 8.42 Å². The van der Waals surface area contributed by atoms with Crippen LogP contribution in [0.4, 0.5) is 11.4 Å². The lowest BCUT2D eigenvalue weighted by atomic mass is 10.2. The molecule has 0 spiro atoms. The molecule has 1 aliphatic rings. The molecule has 1 atom stereocenters. The van der Waals surface area contributed by atoms with E-state index in [1.165, 1.54) is 0 Å². The second-order valence-corrected chi connectivity index (χ2v) is 9.33. The van der Waals surface area contributed by atoms with Crippen LogP contribution in [0.5, 0.6) is 0 Å². The zero-order valence-corrected chi connectivity index (χ0v) is 16.3. The molecule has 3 rings (SSSR count). The summed E-state index contributed by atoms with van der Waals surface area (Å²) in [6.45, 7) is 5.09. The van der Waals surface area contributed by atoms with Crippen molar-refractivity contribution in [3.8, 4) is 0 Å². The number of nitrogens with zero attached hydrogens (tertiary/aromatic N) is 6. The fraction of sp³-hybridized carbons (Fsp3) is 0.667. The predicted molar refractivity (Wildman–Crippen MR) is 98.8 cm³/mol. The largest absolute Gasteiger partial charge is 0.351 e. The first kappa shape index (κ1) is 18.2. The summed E-state index contributed by atoms with van der Waals surface area (Å²) >= 11 is 0. The molecule has 0 saturated heterocycles. The maximum atomic E-state index is 11.1. The Bertz CT molecular complexity index is 868. The molecule has 0 saturated carbocycles. The standard InChI is InChI=1S/C15H23ClN6O2S/c1-4-8-21-12-10-13-17-18-19-22(13)11(2)15(12)20(3)14(21)7-5-6-9-25(16,23)24/h10,14H,4-9H2,1-3H3. The van der Waals surface area contributed by atoms with Gasteiger partial charge in [-0.2, -0.15) is 4.52 Å². The smallest absolute Gasteiger partial charge is 0.232 e. The molecular weight excluding hydrogens is 364 g/mol. The third-order valence-electron chi connectivity index (χ3n) is 4.70. The molecule has 0 aliphatic carbocycles. The number of rotatable bonds is 7. The van der Waals surface area contributed by atoms with Crippen molar-refractivity contribution in [2.75, 3.05) is 29.1 Å². The van der Waals surface area contributed by atoms with Gasteiger partial charge in [0.15, 0.2) is 5.65 Å². The van der Waals surface area contributed by atoms with Gasteiger partial charge in [-0.3, -0.25) is 0 Å². The molecule has 0 bridgehead atoms. The maximum Gasteiger partial charge on any atom is 0.232 e. The number of aryl methyl sites for hydroxylation is 1. The molecule has 0 fully saturated rings. The minimum Gasteiger partial charge on any atom is -0.351 e. The Labute approximate surface area is 152 Å². The molecule has 0 aromatic carbocycles. The molecular formula is C15H23ClN6O2S. The fourth-order valence-corrected chi connectivity index (χ4v) is 4.51. The summed E-state index contributed by atoms with van der Waals surface area (Å²) in [7, 11) is 3.96. The number of hydrogen-bond donors (Lipinski definition) is 0. The molecule has 138 valence electrons. The molecule has 2 aromatic rings. The van der Waals surface area contributed by atoms with E-state index in [1.54, 1.807) is 4.52 Å². The summed E-state index contributed by atoms with van der Waals surface area (Å²) in [6, 6.07) is 2.03. The minimum atomic E-state index is -3.42. The van der Waals surface area contributed by atoms with Crippen LogP contribution in [0, 0.1) is 6.92 Å². The van der Waals surface area contributed by atoms with Gasteiger partial charge in [-0.15, -0.1) is 5.10 Å². The first-order chi connectivity index (χ1) is 11.8. The molecule has 0 amide bonds. The van der Waals surface area contributed by atoms with Crippen LogP contribution in [-0.4, -0.2) is 54.0 Å². The van der Waals surface area contributed by atoms with Gasteiger partial charge in [0.05, 0.1) is 22.8 Å². The number of anilines is 2. The Kier molecular flexibility index (Phi) is 5.06. The van der Waals surface area contributed by atoms with Crippen LogP contribution in [0.2, 0.25) is 0 Å². The van der Waals surface area contributed by atoms with Crippen molar-refractivity contribution >= 4 is 36.8 Å². The summed E-state index contributed by atoms with van der Waals surface area (Å²) in [4.78, 5) is 4.61. The number of unbranched alkanes of at least 4 members (excludes halogenated alkanes) is 1. The third kappa shape index (κ3) is 3.52. The number of tetrazole rings is 1. The quantitative estimate of drug-likeness (QED) is 0.532. The average molecular weight is 387 g/mol. The van der Waals surface area contributed by atoms with Crippen molar-refractivity contribution in [3.63, 3.8) is 0 Å². The topological polar surface area (TPSA) is 83.7 Å². The Hall–Kier alpha value is -1.61. The lowest BCUT2D eigenvalue weighted by Gasteiger charge is -2.30. The first-order valence-corrected chi connectivity index (χ1v) is 10.9. The van der Waals surface area contributed by atoms with Gasteiger partial charge >= 0.3 is 0 Å². The molecule has 1 unspecified atom stereocenters. The number of fused-ring (bicyclic) bond motifs is 2. The second kappa shape index (κ2) is 6.95. The lowest BCUT2D eigenvalue weighted by Crippen LogP contribution is -2.41. The van der Waals surface area contributed by atoms with Crippen molar-refractivity contribution in [1.82, 2.24) is 20.0 Å². The summed E-state index contributed by atoms with van der Waals surface area (Å²) in [6.07, 6.45) is 3.44. The van der Waals surface area contributed by atoms with Gasteiger partial charge in [0, 0.05) is 30.3 Å². The van der Waals surface area contributed by atoms with Crippen LogP contribution in [0.25, 0.3) is 5.65 Å². The van der Waals surface area contributed by atoms with Crippen molar-refractivity contribution in [1.29, 1.82) is 0 Å². The van der Waals surface area contributed by atoms with E-state index in [1.807, 2.05) is 13.0 Å². The number of pyridine rings is 1. The van der Waals surface area contributed by atoms with E-state index in [0.29, 0.717) is 6.42 Å². The average Bonchev–Trinajstić information content (AvgIpc) is 3.09. The van der Waals surface area contributed by atoms with E-state index in [-0.39, 0.29) is 11.9 Å². The van der Waals surface area contributed by atoms with Crippen LogP contribution in [0.15, 0.2) is 6.07 Å². The number of halogens is 1. The van der Waals surface area contributed by atoms with E-state index in [9.17, 15) is 8.42 Å². The van der Waals surface area contributed by atoms with Gasteiger partial charge in [-0.1, -0.05) is 6.92 Å². The van der Waals surface area contributed by atoms with Crippen molar-refractivity contribution in [3.05, 3.63) is 11.8 Å². The summed E-state index contributed by atoms with van der Waals surface area (Å²) in [5, 5.41) is 11.9. The van der Waals surface area contributed by atoms with Crippen LogP contribution in [-0.2, 0) is 9.05 Å². The fourth-order valence-electron chi connectivity index (χ4n) is 3.63. The highest BCUT2D eigenvalue weighted by Gasteiger charge is 2.35. The van der Waals surface area contributed by atoms with Crippen LogP contribution < -0.4 is 9.80 Å². The summed E-state index contributed by atoms with van der Waals surface area (Å²) in [5.41, 5.74) is 4.01. The Morgan fingerprint density at radius 1 is 1.32 bits per heavy atom.